The highest BCUT2D eigenvalue weighted by Crippen LogP contribution is 2.37. The van der Waals surface area contributed by atoms with Crippen molar-refractivity contribution in [1.29, 1.82) is 0 Å². The topological polar surface area (TPSA) is 151 Å². The Balaban J connectivity index is 1.01. The van der Waals surface area contributed by atoms with Crippen LogP contribution in [0.15, 0.2) is 30.9 Å². The van der Waals surface area contributed by atoms with Crippen molar-refractivity contribution in [1.82, 2.24) is 34.4 Å². The molecule has 11 heteroatoms. The fraction of sp³-hybridized carbons (Fsp3) is 0.571. The van der Waals surface area contributed by atoms with Gasteiger partial charge in [0.05, 0.1) is 17.4 Å². The van der Waals surface area contributed by atoms with Crippen molar-refractivity contribution < 1.29 is 14.9 Å². The molecule has 1 saturated heterocycles. The van der Waals surface area contributed by atoms with Gasteiger partial charge in [-0.15, -0.1) is 0 Å². The predicted octanol–water partition coefficient (Wildman–Crippen LogP) is 2.54. The summed E-state index contributed by atoms with van der Waals surface area (Å²) in [6.07, 6.45) is 3.65. The molecule has 4 aromatic rings. The van der Waals surface area contributed by atoms with Crippen LogP contribution in [0.5, 0.6) is 0 Å². The summed E-state index contributed by atoms with van der Waals surface area (Å²) in [5.74, 6) is 1.96. The van der Waals surface area contributed by atoms with Gasteiger partial charge in [0.15, 0.2) is 17.7 Å². The molecule has 4 atom stereocenters. The Labute approximate surface area is 227 Å². The summed E-state index contributed by atoms with van der Waals surface area (Å²) in [6, 6.07) is 6.95. The highest BCUT2D eigenvalue weighted by molar-refractivity contribution is 5.81. The van der Waals surface area contributed by atoms with Gasteiger partial charge in [-0.25, -0.2) is 19.9 Å². The lowest BCUT2D eigenvalue weighted by Gasteiger charge is -2.42. The maximum atomic E-state index is 10.8. The Bertz CT molecular complexity index is 1470. The number of nitrogen functional groups attached to an aromatic ring is 1. The van der Waals surface area contributed by atoms with E-state index in [0.29, 0.717) is 29.7 Å². The van der Waals surface area contributed by atoms with Crippen molar-refractivity contribution in [3.63, 3.8) is 0 Å². The lowest BCUT2D eigenvalue weighted by molar-refractivity contribution is -0.0514. The van der Waals surface area contributed by atoms with Crippen LogP contribution in [0.3, 0.4) is 0 Å². The van der Waals surface area contributed by atoms with Gasteiger partial charge in [0, 0.05) is 19.0 Å². The zero-order valence-electron chi connectivity index (χ0n) is 22.9. The number of hydrogen-bond donors (Lipinski definition) is 4. The third kappa shape index (κ3) is 4.88. The van der Waals surface area contributed by atoms with Crippen molar-refractivity contribution >= 4 is 28.0 Å². The normalized spacial score (nSPS) is 27.6. The number of hydrogen-bond acceptors (Lipinski definition) is 9. The fourth-order valence-corrected chi connectivity index (χ4v) is 5.88. The second kappa shape index (κ2) is 9.81. The van der Waals surface area contributed by atoms with E-state index in [-0.39, 0.29) is 11.2 Å². The van der Waals surface area contributed by atoms with Crippen molar-refractivity contribution in [2.75, 3.05) is 19.3 Å². The number of aromatic amines is 1. The molecule has 0 amide bonds. The van der Waals surface area contributed by atoms with E-state index in [4.69, 9.17) is 15.5 Å². The van der Waals surface area contributed by atoms with Crippen LogP contribution < -0.4 is 5.73 Å². The van der Waals surface area contributed by atoms with Gasteiger partial charge in [-0.2, -0.15) is 0 Å². The van der Waals surface area contributed by atoms with Crippen molar-refractivity contribution in [2.24, 2.45) is 5.92 Å². The van der Waals surface area contributed by atoms with Crippen LogP contribution in [-0.4, -0.2) is 82.5 Å². The molecule has 3 aromatic heterocycles. The van der Waals surface area contributed by atoms with Gasteiger partial charge in [0.1, 0.15) is 36.0 Å². The zero-order chi connectivity index (χ0) is 27.5. The van der Waals surface area contributed by atoms with E-state index in [1.165, 1.54) is 18.2 Å². The molecule has 5 N–H and O–H groups in total. The van der Waals surface area contributed by atoms with Crippen LogP contribution in [-0.2, 0) is 16.6 Å². The minimum atomic E-state index is -1.10. The Morgan fingerprint density at radius 2 is 1.95 bits per heavy atom. The monoisotopic (exact) mass is 534 g/mol. The molecular weight excluding hydrogens is 496 g/mol. The number of imidazole rings is 2. The Hall–Kier alpha value is -3.12. The van der Waals surface area contributed by atoms with Crippen LogP contribution in [0.4, 0.5) is 5.82 Å². The molecule has 1 aliphatic heterocycles. The number of ether oxygens (including phenoxy) is 1. The first-order chi connectivity index (χ1) is 18.6. The van der Waals surface area contributed by atoms with E-state index in [9.17, 15) is 10.2 Å². The van der Waals surface area contributed by atoms with Gasteiger partial charge in [-0.3, -0.25) is 4.57 Å². The van der Waals surface area contributed by atoms with E-state index < -0.39 is 24.5 Å². The smallest absolute Gasteiger partial charge is 0.167 e. The Kier molecular flexibility index (Phi) is 6.57. The highest BCUT2D eigenvalue weighted by Gasteiger charge is 2.45. The summed E-state index contributed by atoms with van der Waals surface area (Å²) in [5, 5.41) is 21.5. The number of rotatable bonds is 7. The van der Waals surface area contributed by atoms with Crippen molar-refractivity contribution in [2.45, 2.75) is 82.5 Å². The summed E-state index contributed by atoms with van der Waals surface area (Å²) in [4.78, 5) is 23.0. The molecule has 0 radical (unpaired) electrons. The Morgan fingerprint density at radius 3 is 2.72 bits per heavy atom. The van der Waals surface area contributed by atoms with Crippen LogP contribution in [0, 0.1) is 5.92 Å². The van der Waals surface area contributed by atoms with Gasteiger partial charge in [-0.05, 0) is 55.3 Å². The first kappa shape index (κ1) is 26.1. The largest absolute Gasteiger partial charge is 0.387 e. The number of H-pyrrole nitrogens is 1. The number of anilines is 1. The highest BCUT2D eigenvalue weighted by atomic mass is 16.6. The summed E-state index contributed by atoms with van der Waals surface area (Å²) in [6.45, 7) is 7.19. The zero-order valence-corrected chi connectivity index (χ0v) is 22.9. The molecule has 2 fully saturated rings. The summed E-state index contributed by atoms with van der Waals surface area (Å²) < 4.78 is 7.74. The van der Waals surface area contributed by atoms with Crippen LogP contribution >= 0.6 is 0 Å². The average molecular weight is 535 g/mol. The standard InChI is InChI=1S/C28H38N8O3/c1-28(2,3)16-6-7-18-19(11-16)34-21(33-18)8-5-15-9-17(10-15)35(4)12-20-23(37)24(38)27(39-20)36-14-32-22-25(29)30-13-31-26(22)36/h6-7,11,13-15,17,20,23-24,27,37-38H,5,8-10,12H2,1-4H3,(H,33,34)(H2,29,30,31)/t15-,17+,20-,23-,24-,27-/m1/s1. The SMILES string of the molecule is CN(C[C@H]1O[C@@H](n2cnc3c(N)ncnc32)[C@H](O)[C@@H]1O)[C@H]1C[C@@H](CCc2nc3cc(C(C)(C)C)ccc3[nH]2)C1. The van der Waals surface area contributed by atoms with Gasteiger partial charge in [0.2, 0.25) is 0 Å². The number of aryl methyl sites for hydroxylation is 1. The summed E-state index contributed by atoms with van der Waals surface area (Å²) in [5.41, 5.74) is 10.3. The van der Waals surface area contributed by atoms with Crippen LogP contribution in [0.1, 0.15) is 57.6 Å². The summed E-state index contributed by atoms with van der Waals surface area (Å²) in [7, 11) is 2.06. The van der Waals surface area contributed by atoms with E-state index in [1.54, 1.807) is 4.57 Å². The fourth-order valence-electron chi connectivity index (χ4n) is 5.88. The average Bonchev–Trinajstić information content (AvgIpc) is 3.54. The molecule has 1 aliphatic carbocycles. The third-order valence-corrected chi connectivity index (χ3v) is 8.49. The second-order valence-corrected chi connectivity index (χ2v) is 12.3. The van der Waals surface area contributed by atoms with E-state index in [1.807, 2.05) is 0 Å². The quantitative estimate of drug-likeness (QED) is 0.280. The molecule has 6 rings (SSSR count). The number of benzene rings is 1. The molecule has 0 spiro atoms. The first-order valence-electron chi connectivity index (χ1n) is 13.7. The minimum Gasteiger partial charge on any atom is -0.387 e. The van der Waals surface area contributed by atoms with E-state index in [2.05, 4.69) is 70.9 Å². The molecule has 1 saturated carbocycles. The maximum absolute atomic E-state index is 10.8. The van der Waals surface area contributed by atoms with Crippen molar-refractivity contribution in [3.05, 3.63) is 42.2 Å². The van der Waals surface area contributed by atoms with Gasteiger partial charge in [0.25, 0.3) is 0 Å². The summed E-state index contributed by atoms with van der Waals surface area (Å²) >= 11 is 0. The predicted molar refractivity (Wildman–Crippen MR) is 148 cm³/mol. The molecule has 0 bridgehead atoms. The number of fused-ring (bicyclic) bond motifs is 2. The van der Waals surface area contributed by atoms with Gasteiger partial charge in [-0.1, -0.05) is 26.8 Å². The number of aliphatic hydroxyl groups excluding tert-OH is 2. The van der Waals surface area contributed by atoms with Crippen molar-refractivity contribution in [3.8, 4) is 0 Å². The molecule has 4 heterocycles. The lowest BCUT2D eigenvalue weighted by Crippen LogP contribution is -2.47. The molecular formula is C28H38N8O3. The Morgan fingerprint density at radius 1 is 1.15 bits per heavy atom. The molecule has 208 valence electrons. The number of nitrogens with one attached hydrogen (secondary N) is 1. The van der Waals surface area contributed by atoms with E-state index >= 15 is 0 Å². The minimum absolute atomic E-state index is 0.107. The van der Waals surface area contributed by atoms with Crippen LogP contribution in [0.25, 0.3) is 22.2 Å². The number of aliphatic hydroxyl groups is 2. The second-order valence-electron chi connectivity index (χ2n) is 12.3. The molecule has 2 aliphatic rings. The van der Waals surface area contributed by atoms with Crippen LogP contribution in [0.2, 0.25) is 0 Å². The number of aromatic nitrogens is 6. The van der Waals surface area contributed by atoms with Gasteiger partial charge < -0.3 is 30.6 Å². The lowest BCUT2D eigenvalue weighted by atomic mass is 9.76. The molecule has 11 nitrogen and oxygen atoms in total. The first-order valence-corrected chi connectivity index (χ1v) is 13.7. The number of nitrogens with zero attached hydrogens (tertiary/aromatic N) is 6. The maximum Gasteiger partial charge on any atom is 0.167 e. The van der Waals surface area contributed by atoms with Gasteiger partial charge >= 0.3 is 0 Å². The molecule has 39 heavy (non-hydrogen) atoms. The molecule has 0 unspecified atom stereocenters. The number of nitrogens with two attached hydrogens (primary N) is 1. The number of likely N-dealkylation sites (N-methyl/N-ethyl adjacent to an activating group) is 1. The molecule has 1 aromatic carbocycles. The third-order valence-electron chi connectivity index (χ3n) is 8.49. The van der Waals surface area contributed by atoms with E-state index in [0.717, 1.165) is 42.5 Å².